The van der Waals surface area contributed by atoms with Gasteiger partial charge in [0.15, 0.2) is 0 Å². The van der Waals surface area contributed by atoms with E-state index in [9.17, 15) is 0 Å². The van der Waals surface area contributed by atoms with Gasteiger partial charge in [-0.15, -0.1) is 0 Å². The fourth-order valence-electron chi connectivity index (χ4n) is 3.71. The number of hydrogen-bond acceptors (Lipinski definition) is 0. The zero-order chi connectivity index (χ0) is 8.13. The van der Waals surface area contributed by atoms with Gasteiger partial charge in [-0.2, -0.15) is 0 Å². The van der Waals surface area contributed by atoms with Crippen molar-refractivity contribution in [1.29, 1.82) is 0 Å². The predicted octanol–water partition coefficient (Wildman–Crippen LogP) is 3.53. The highest BCUT2D eigenvalue weighted by Gasteiger charge is 2.40. The molecule has 0 radical (unpaired) electrons. The van der Waals surface area contributed by atoms with Crippen molar-refractivity contribution in [3.8, 4) is 0 Å². The van der Waals surface area contributed by atoms with Crippen LogP contribution in [0, 0.1) is 17.8 Å². The second kappa shape index (κ2) is 2.37. The van der Waals surface area contributed by atoms with Gasteiger partial charge in [-0.3, -0.25) is 0 Å². The molecule has 0 aromatic rings. The van der Waals surface area contributed by atoms with Crippen LogP contribution in [0.2, 0.25) is 0 Å². The Morgan fingerprint density at radius 1 is 1.08 bits per heavy atom. The van der Waals surface area contributed by atoms with E-state index in [1.54, 1.807) is 0 Å². The molecule has 66 valence electrons. The molecule has 0 nitrogen and oxygen atoms in total. The first-order valence-electron chi connectivity index (χ1n) is 5.55. The molecule has 3 rings (SSSR count). The van der Waals surface area contributed by atoms with E-state index in [4.69, 9.17) is 0 Å². The molecule has 0 saturated heterocycles. The summed E-state index contributed by atoms with van der Waals surface area (Å²) in [6.45, 7) is 2.43. The van der Waals surface area contributed by atoms with Crippen molar-refractivity contribution in [2.24, 2.45) is 17.8 Å². The van der Waals surface area contributed by atoms with Gasteiger partial charge in [0.2, 0.25) is 0 Å². The summed E-state index contributed by atoms with van der Waals surface area (Å²) in [5.41, 5.74) is 3.81. The summed E-state index contributed by atoms with van der Waals surface area (Å²) in [6.07, 6.45) is 8.95. The molecule has 3 atom stereocenters. The molecule has 3 aliphatic rings. The zero-order valence-corrected chi connectivity index (χ0v) is 7.97. The summed E-state index contributed by atoms with van der Waals surface area (Å²) < 4.78 is 0. The van der Waals surface area contributed by atoms with Gasteiger partial charge in [0.05, 0.1) is 0 Å². The van der Waals surface area contributed by atoms with Crippen molar-refractivity contribution in [3.63, 3.8) is 0 Å². The van der Waals surface area contributed by atoms with Gasteiger partial charge < -0.3 is 0 Å². The highest BCUT2D eigenvalue weighted by atomic mass is 14.5. The predicted molar refractivity (Wildman–Crippen MR) is 50.9 cm³/mol. The average molecular weight is 162 g/mol. The van der Waals surface area contributed by atoms with Crippen molar-refractivity contribution in [2.75, 3.05) is 0 Å². The maximum Gasteiger partial charge on any atom is -0.0169 e. The lowest BCUT2D eigenvalue weighted by molar-refractivity contribution is 0.295. The molecule has 0 N–H and O–H groups in total. The maximum absolute atomic E-state index is 2.43. The van der Waals surface area contributed by atoms with E-state index >= 15 is 0 Å². The van der Waals surface area contributed by atoms with Gasteiger partial charge in [0.25, 0.3) is 0 Å². The Morgan fingerprint density at radius 2 is 2.00 bits per heavy atom. The Balaban J connectivity index is 1.94. The van der Waals surface area contributed by atoms with E-state index in [1.807, 2.05) is 11.1 Å². The standard InChI is InChI=1S/C12H18/c1-8-2-5-11-9-3-4-10(7-9)12(11)6-8/h8-9,11H,2-7H2,1H3. The van der Waals surface area contributed by atoms with Gasteiger partial charge in [-0.1, -0.05) is 18.1 Å². The Morgan fingerprint density at radius 3 is 2.92 bits per heavy atom. The molecule has 0 aromatic carbocycles. The minimum Gasteiger partial charge on any atom is -0.0704 e. The van der Waals surface area contributed by atoms with Crippen molar-refractivity contribution in [2.45, 2.75) is 45.4 Å². The van der Waals surface area contributed by atoms with Crippen LogP contribution in [0.4, 0.5) is 0 Å². The van der Waals surface area contributed by atoms with Gasteiger partial charge >= 0.3 is 0 Å². The van der Waals surface area contributed by atoms with Crippen LogP contribution in [0.1, 0.15) is 45.4 Å². The van der Waals surface area contributed by atoms with E-state index in [2.05, 4.69) is 6.92 Å². The zero-order valence-electron chi connectivity index (χ0n) is 7.97. The molecule has 0 heteroatoms. The van der Waals surface area contributed by atoms with Crippen LogP contribution in [0.5, 0.6) is 0 Å². The van der Waals surface area contributed by atoms with Crippen LogP contribution < -0.4 is 0 Å². The fraction of sp³-hybridized carbons (Fsp3) is 0.833. The van der Waals surface area contributed by atoms with Crippen LogP contribution in [-0.2, 0) is 0 Å². The average Bonchev–Trinajstić information content (AvgIpc) is 2.63. The van der Waals surface area contributed by atoms with Gasteiger partial charge in [0, 0.05) is 0 Å². The highest BCUT2D eigenvalue weighted by Crippen LogP contribution is 2.54. The van der Waals surface area contributed by atoms with E-state index in [0.29, 0.717) is 0 Å². The molecule has 12 heavy (non-hydrogen) atoms. The second-order valence-corrected chi connectivity index (χ2v) is 5.12. The normalized spacial score (nSPS) is 45.2. The maximum atomic E-state index is 2.43. The first-order chi connectivity index (χ1) is 5.84. The van der Waals surface area contributed by atoms with E-state index in [0.717, 1.165) is 17.8 Å². The first-order valence-corrected chi connectivity index (χ1v) is 5.55. The summed E-state index contributed by atoms with van der Waals surface area (Å²) in [5.74, 6) is 3.15. The van der Waals surface area contributed by atoms with Crippen molar-refractivity contribution in [1.82, 2.24) is 0 Å². The molecule has 0 aliphatic heterocycles. The fourth-order valence-corrected chi connectivity index (χ4v) is 3.71. The summed E-state index contributed by atoms with van der Waals surface area (Å²) in [5, 5.41) is 0. The van der Waals surface area contributed by atoms with Crippen LogP contribution in [0.15, 0.2) is 11.1 Å². The number of rotatable bonds is 0. The molecule has 2 saturated carbocycles. The van der Waals surface area contributed by atoms with Crippen molar-refractivity contribution in [3.05, 3.63) is 11.1 Å². The SMILES string of the molecule is CC1CCC2C(=C3CCC2C3)C1. The van der Waals surface area contributed by atoms with Crippen LogP contribution in [-0.4, -0.2) is 0 Å². The monoisotopic (exact) mass is 162 g/mol. The molecule has 0 aromatic heterocycles. The quantitative estimate of drug-likeness (QED) is 0.478. The van der Waals surface area contributed by atoms with Gasteiger partial charge in [0.1, 0.15) is 0 Å². The minimum atomic E-state index is 0.989. The lowest BCUT2D eigenvalue weighted by Crippen LogP contribution is -2.20. The van der Waals surface area contributed by atoms with E-state index in [1.165, 1.54) is 38.5 Å². The molecule has 3 unspecified atom stereocenters. The number of hydrogen-bond donors (Lipinski definition) is 0. The molecular formula is C12H18. The van der Waals surface area contributed by atoms with Crippen LogP contribution >= 0.6 is 0 Å². The van der Waals surface area contributed by atoms with E-state index < -0.39 is 0 Å². The van der Waals surface area contributed by atoms with Crippen molar-refractivity contribution >= 4 is 0 Å². The summed E-state index contributed by atoms with van der Waals surface area (Å²) in [6, 6.07) is 0. The lowest BCUT2D eigenvalue weighted by Gasteiger charge is -2.32. The Kier molecular flexibility index (Phi) is 1.42. The topological polar surface area (TPSA) is 0 Å². The van der Waals surface area contributed by atoms with Gasteiger partial charge in [-0.05, 0) is 56.3 Å². The molecule has 0 heterocycles. The lowest BCUT2D eigenvalue weighted by atomic mass is 9.73. The summed E-state index contributed by atoms with van der Waals surface area (Å²) in [7, 11) is 0. The highest BCUT2D eigenvalue weighted by molar-refractivity contribution is 5.30. The molecule has 2 bridgehead atoms. The van der Waals surface area contributed by atoms with Crippen molar-refractivity contribution < 1.29 is 0 Å². The molecule has 2 fully saturated rings. The minimum absolute atomic E-state index is 0.989. The third-order valence-corrected chi connectivity index (χ3v) is 4.34. The number of fused-ring (bicyclic) bond motifs is 4. The molecule has 0 spiro atoms. The molecule has 0 amide bonds. The van der Waals surface area contributed by atoms with Crippen LogP contribution in [0.3, 0.4) is 0 Å². The summed E-state index contributed by atoms with van der Waals surface area (Å²) >= 11 is 0. The largest absolute Gasteiger partial charge is 0.0704 e. The second-order valence-electron chi connectivity index (χ2n) is 5.12. The molecule has 3 aliphatic carbocycles. The third kappa shape index (κ3) is 0.841. The third-order valence-electron chi connectivity index (χ3n) is 4.34. The molecular weight excluding hydrogens is 144 g/mol. The van der Waals surface area contributed by atoms with Crippen LogP contribution in [0.25, 0.3) is 0 Å². The Bertz CT molecular complexity index is 236. The van der Waals surface area contributed by atoms with Gasteiger partial charge in [-0.25, -0.2) is 0 Å². The first kappa shape index (κ1) is 7.17. The number of allylic oxidation sites excluding steroid dienone is 2. The Labute approximate surface area is 75.0 Å². The summed E-state index contributed by atoms with van der Waals surface area (Å²) in [4.78, 5) is 0. The van der Waals surface area contributed by atoms with E-state index in [-0.39, 0.29) is 0 Å². The smallest absolute Gasteiger partial charge is 0.0169 e. The Hall–Kier alpha value is -0.260.